The largest absolute Gasteiger partial charge is 0.453 e. The molecule has 0 bridgehead atoms. The first kappa shape index (κ1) is 12.2. The Kier molecular flexibility index (Phi) is 3.10. The van der Waals surface area contributed by atoms with Crippen molar-refractivity contribution in [1.82, 2.24) is 9.78 Å². The molecule has 0 aliphatic heterocycles. The van der Waals surface area contributed by atoms with Crippen molar-refractivity contribution in [2.45, 2.75) is 13.5 Å². The van der Waals surface area contributed by atoms with Crippen molar-refractivity contribution >= 4 is 10.8 Å². The molecule has 0 amide bonds. The number of nitriles is 1. The monoisotopic (exact) mass is 263 g/mol. The molecule has 0 radical (unpaired) electrons. The zero-order chi connectivity index (χ0) is 13.9. The van der Waals surface area contributed by atoms with E-state index in [4.69, 9.17) is 10.00 Å². The lowest BCUT2D eigenvalue weighted by Gasteiger charge is -2.08. The third-order valence-electron chi connectivity index (χ3n) is 3.17. The van der Waals surface area contributed by atoms with E-state index in [9.17, 15) is 0 Å². The second kappa shape index (κ2) is 5.06. The van der Waals surface area contributed by atoms with Gasteiger partial charge >= 0.3 is 0 Å². The molecule has 1 aromatic heterocycles. The average molecular weight is 263 g/mol. The van der Waals surface area contributed by atoms with Gasteiger partial charge in [0.05, 0.1) is 24.0 Å². The third kappa shape index (κ3) is 2.10. The van der Waals surface area contributed by atoms with Crippen LogP contribution in [-0.2, 0) is 6.54 Å². The van der Waals surface area contributed by atoms with Crippen LogP contribution in [0.15, 0.2) is 48.8 Å². The Bertz CT molecular complexity index is 799. The van der Waals surface area contributed by atoms with Crippen molar-refractivity contribution in [3.63, 3.8) is 0 Å². The molecule has 0 N–H and O–H groups in total. The Morgan fingerprint density at radius 1 is 1.20 bits per heavy atom. The van der Waals surface area contributed by atoms with Crippen LogP contribution in [0, 0.1) is 11.3 Å². The zero-order valence-electron chi connectivity index (χ0n) is 11.1. The van der Waals surface area contributed by atoms with Gasteiger partial charge in [0.15, 0.2) is 5.75 Å². The molecule has 1 heterocycles. The molecule has 0 saturated carbocycles. The van der Waals surface area contributed by atoms with Crippen LogP contribution in [0.25, 0.3) is 10.8 Å². The highest BCUT2D eigenvalue weighted by atomic mass is 16.5. The van der Waals surface area contributed by atoms with Crippen LogP contribution in [0.4, 0.5) is 0 Å². The van der Waals surface area contributed by atoms with Gasteiger partial charge in [-0.2, -0.15) is 10.4 Å². The van der Waals surface area contributed by atoms with Crippen molar-refractivity contribution in [3.8, 4) is 17.6 Å². The van der Waals surface area contributed by atoms with Gasteiger partial charge in [-0.3, -0.25) is 4.68 Å². The van der Waals surface area contributed by atoms with E-state index < -0.39 is 0 Å². The summed E-state index contributed by atoms with van der Waals surface area (Å²) < 4.78 is 7.69. The van der Waals surface area contributed by atoms with E-state index in [1.165, 1.54) is 0 Å². The number of rotatable bonds is 3. The van der Waals surface area contributed by atoms with Crippen LogP contribution < -0.4 is 4.74 Å². The number of fused-ring (bicyclic) bond motifs is 1. The second-order valence-corrected chi connectivity index (χ2v) is 4.40. The fourth-order valence-corrected chi connectivity index (χ4v) is 2.16. The first-order valence-electron chi connectivity index (χ1n) is 6.44. The smallest absolute Gasteiger partial charge is 0.165 e. The Hall–Kier alpha value is -2.80. The quantitative estimate of drug-likeness (QED) is 0.723. The predicted molar refractivity (Wildman–Crippen MR) is 76.6 cm³/mol. The number of ether oxygens (including phenoxy) is 1. The lowest BCUT2D eigenvalue weighted by atomic mass is 10.0. The molecule has 0 aliphatic carbocycles. The van der Waals surface area contributed by atoms with Crippen LogP contribution in [0.1, 0.15) is 12.5 Å². The number of hydrogen-bond acceptors (Lipinski definition) is 3. The van der Waals surface area contributed by atoms with Gasteiger partial charge in [0.1, 0.15) is 5.75 Å². The summed E-state index contributed by atoms with van der Waals surface area (Å²) in [5, 5.41) is 15.2. The number of aromatic nitrogens is 2. The maximum absolute atomic E-state index is 9.15. The van der Waals surface area contributed by atoms with Gasteiger partial charge in [0.2, 0.25) is 0 Å². The van der Waals surface area contributed by atoms with Gasteiger partial charge in [-0.15, -0.1) is 0 Å². The van der Waals surface area contributed by atoms with Gasteiger partial charge in [-0.05, 0) is 19.1 Å². The molecule has 0 aliphatic rings. The summed E-state index contributed by atoms with van der Waals surface area (Å²) in [6.45, 7) is 2.82. The first-order valence-corrected chi connectivity index (χ1v) is 6.44. The number of benzene rings is 2. The SMILES string of the molecule is CCn1cc(Oc2ccc(C#N)c3ccccc23)cn1. The van der Waals surface area contributed by atoms with E-state index >= 15 is 0 Å². The Labute approximate surface area is 116 Å². The van der Waals surface area contributed by atoms with Gasteiger partial charge < -0.3 is 4.74 Å². The first-order chi connectivity index (χ1) is 9.81. The Morgan fingerprint density at radius 3 is 2.70 bits per heavy atom. The maximum Gasteiger partial charge on any atom is 0.165 e. The number of nitrogens with zero attached hydrogens (tertiary/aromatic N) is 3. The minimum absolute atomic E-state index is 0.650. The summed E-state index contributed by atoms with van der Waals surface area (Å²) in [5.41, 5.74) is 0.650. The lowest BCUT2D eigenvalue weighted by Crippen LogP contribution is -1.92. The number of hydrogen-bond donors (Lipinski definition) is 0. The third-order valence-corrected chi connectivity index (χ3v) is 3.17. The molecular formula is C16H13N3O. The van der Waals surface area contributed by atoms with E-state index in [0.29, 0.717) is 11.3 Å². The molecular weight excluding hydrogens is 250 g/mol. The summed E-state index contributed by atoms with van der Waals surface area (Å²) in [4.78, 5) is 0. The van der Waals surface area contributed by atoms with E-state index in [1.54, 1.807) is 16.9 Å². The second-order valence-electron chi connectivity index (χ2n) is 4.40. The number of aryl methyl sites for hydroxylation is 1. The maximum atomic E-state index is 9.15. The zero-order valence-corrected chi connectivity index (χ0v) is 11.1. The van der Waals surface area contributed by atoms with Gasteiger partial charge in [-0.1, -0.05) is 24.3 Å². The molecule has 2 aromatic carbocycles. The van der Waals surface area contributed by atoms with E-state index in [-0.39, 0.29) is 0 Å². The molecule has 3 rings (SSSR count). The van der Waals surface area contributed by atoms with Gasteiger partial charge in [0, 0.05) is 17.3 Å². The standard InChI is InChI=1S/C16H13N3O/c1-2-19-11-13(10-18-19)20-16-8-7-12(9-17)14-5-3-4-6-15(14)16/h3-8,10-11H,2H2,1H3. The van der Waals surface area contributed by atoms with Crippen LogP contribution in [0.5, 0.6) is 11.5 Å². The van der Waals surface area contributed by atoms with E-state index in [0.717, 1.165) is 23.1 Å². The highest BCUT2D eigenvalue weighted by Gasteiger charge is 2.08. The molecule has 0 unspecified atom stereocenters. The molecule has 4 heteroatoms. The lowest BCUT2D eigenvalue weighted by molar-refractivity contribution is 0.487. The van der Waals surface area contributed by atoms with Crippen LogP contribution >= 0.6 is 0 Å². The van der Waals surface area contributed by atoms with Crippen molar-refractivity contribution in [2.24, 2.45) is 0 Å². The van der Waals surface area contributed by atoms with Gasteiger partial charge in [0.25, 0.3) is 0 Å². The van der Waals surface area contributed by atoms with Gasteiger partial charge in [-0.25, -0.2) is 0 Å². The van der Waals surface area contributed by atoms with Crippen molar-refractivity contribution in [3.05, 3.63) is 54.4 Å². The summed E-state index contributed by atoms with van der Waals surface area (Å²) in [5.74, 6) is 1.43. The minimum atomic E-state index is 0.650. The van der Waals surface area contributed by atoms with Crippen molar-refractivity contribution in [1.29, 1.82) is 5.26 Å². The fourth-order valence-electron chi connectivity index (χ4n) is 2.16. The average Bonchev–Trinajstić information content (AvgIpc) is 2.95. The summed E-state index contributed by atoms with van der Waals surface area (Å²) in [7, 11) is 0. The summed E-state index contributed by atoms with van der Waals surface area (Å²) >= 11 is 0. The molecule has 0 spiro atoms. The molecule has 3 aromatic rings. The van der Waals surface area contributed by atoms with Crippen molar-refractivity contribution < 1.29 is 4.74 Å². The minimum Gasteiger partial charge on any atom is -0.453 e. The molecule has 4 nitrogen and oxygen atoms in total. The fraction of sp³-hybridized carbons (Fsp3) is 0.125. The summed E-state index contributed by atoms with van der Waals surface area (Å²) in [6.07, 6.45) is 3.55. The highest BCUT2D eigenvalue weighted by molar-refractivity contribution is 5.92. The summed E-state index contributed by atoms with van der Waals surface area (Å²) in [6, 6.07) is 13.5. The van der Waals surface area contributed by atoms with Crippen LogP contribution in [-0.4, -0.2) is 9.78 Å². The molecule has 98 valence electrons. The van der Waals surface area contributed by atoms with Crippen LogP contribution in [0.2, 0.25) is 0 Å². The van der Waals surface area contributed by atoms with Crippen molar-refractivity contribution in [2.75, 3.05) is 0 Å². The highest BCUT2D eigenvalue weighted by Crippen LogP contribution is 2.31. The molecule has 0 atom stereocenters. The molecule has 20 heavy (non-hydrogen) atoms. The molecule has 0 fully saturated rings. The van der Waals surface area contributed by atoms with Crippen LogP contribution in [0.3, 0.4) is 0 Å². The van der Waals surface area contributed by atoms with E-state index in [2.05, 4.69) is 11.2 Å². The van der Waals surface area contributed by atoms with E-state index in [1.807, 2.05) is 43.5 Å². The predicted octanol–water partition coefficient (Wildman–Crippen LogP) is 3.72. The Morgan fingerprint density at radius 2 is 2.00 bits per heavy atom. The molecule has 0 saturated heterocycles. The normalized spacial score (nSPS) is 10.4. The Balaban J connectivity index is 2.06. The topological polar surface area (TPSA) is 50.8 Å².